The van der Waals surface area contributed by atoms with E-state index in [1.807, 2.05) is 61.5 Å². The van der Waals surface area contributed by atoms with E-state index in [1.54, 1.807) is 24.3 Å². The molecule has 0 aliphatic rings. The maximum Gasteiger partial charge on any atom is 0.337 e. The molecule has 150 valence electrons. The molecule has 0 amide bonds. The van der Waals surface area contributed by atoms with Crippen molar-refractivity contribution in [2.45, 2.75) is 18.7 Å². The molecule has 5 nitrogen and oxygen atoms in total. The van der Waals surface area contributed by atoms with Gasteiger partial charge in [0, 0.05) is 0 Å². The minimum Gasteiger partial charge on any atom is -0.465 e. The molecule has 3 rings (SSSR count). The Morgan fingerprint density at radius 3 is 2.17 bits per heavy atom. The molecule has 0 spiro atoms. The van der Waals surface area contributed by atoms with Crippen molar-refractivity contribution in [3.63, 3.8) is 0 Å². The van der Waals surface area contributed by atoms with Gasteiger partial charge in [-0.05, 0) is 41.3 Å². The molecule has 0 bridgehead atoms. The summed E-state index contributed by atoms with van der Waals surface area (Å²) in [5, 5.41) is 0. The zero-order valence-corrected chi connectivity index (χ0v) is 17.1. The van der Waals surface area contributed by atoms with E-state index < -0.39 is 22.0 Å². The van der Waals surface area contributed by atoms with Gasteiger partial charge in [-0.25, -0.2) is 17.9 Å². The molecule has 0 aliphatic heterocycles. The third-order valence-electron chi connectivity index (χ3n) is 4.66. The fourth-order valence-corrected chi connectivity index (χ4v) is 4.50. The molecule has 0 heterocycles. The summed E-state index contributed by atoms with van der Waals surface area (Å²) in [4.78, 5) is 11.5. The van der Waals surface area contributed by atoms with Crippen molar-refractivity contribution in [2.75, 3.05) is 7.11 Å². The van der Waals surface area contributed by atoms with Crippen molar-refractivity contribution in [1.29, 1.82) is 0 Å². The zero-order valence-electron chi connectivity index (χ0n) is 16.3. The zero-order chi connectivity index (χ0) is 20.9. The highest BCUT2D eigenvalue weighted by Crippen LogP contribution is 2.26. The predicted molar refractivity (Wildman–Crippen MR) is 113 cm³/mol. The summed E-state index contributed by atoms with van der Waals surface area (Å²) >= 11 is 0. The van der Waals surface area contributed by atoms with Gasteiger partial charge in [-0.2, -0.15) is 0 Å². The van der Waals surface area contributed by atoms with Crippen LogP contribution in [0.3, 0.4) is 0 Å². The highest BCUT2D eigenvalue weighted by Gasteiger charge is 2.23. The lowest BCUT2D eigenvalue weighted by Crippen LogP contribution is -2.31. The van der Waals surface area contributed by atoms with E-state index in [2.05, 4.69) is 9.46 Å². The summed E-state index contributed by atoms with van der Waals surface area (Å²) in [5.74, 6) is -0.648. The van der Waals surface area contributed by atoms with Gasteiger partial charge in [0.15, 0.2) is 0 Å². The molecule has 1 N–H and O–H groups in total. The minimum absolute atomic E-state index is 0.191. The number of carbonyl (C=O) groups is 1. The maximum atomic E-state index is 12.9. The maximum absolute atomic E-state index is 12.9. The largest absolute Gasteiger partial charge is 0.465 e. The molecule has 3 aromatic rings. The van der Waals surface area contributed by atoms with Gasteiger partial charge in [-0.15, -0.1) is 0 Å². The van der Waals surface area contributed by atoms with E-state index in [0.29, 0.717) is 11.1 Å². The van der Waals surface area contributed by atoms with Crippen LogP contribution in [-0.2, 0) is 20.5 Å². The first-order chi connectivity index (χ1) is 13.9. The van der Waals surface area contributed by atoms with Crippen LogP contribution >= 0.6 is 0 Å². The normalized spacial score (nSPS) is 12.3. The van der Waals surface area contributed by atoms with E-state index in [1.165, 1.54) is 7.11 Å². The number of aryl methyl sites for hydroxylation is 1. The molecule has 6 heteroatoms. The Morgan fingerprint density at radius 1 is 0.931 bits per heavy atom. The van der Waals surface area contributed by atoms with Crippen LogP contribution in [0.2, 0.25) is 0 Å². The second-order valence-electron chi connectivity index (χ2n) is 6.77. The van der Waals surface area contributed by atoms with Crippen LogP contribution in [0.25, 0.3) is 0 Å². The monoisotopic (exact) mass is 409 g/mol. The minimum atomic E-state index is -3.65. The lowest BCUT2D eigenvalue weighted by Gasteiger charge is -2.21. The van der Waals surface area contributed by atoms with Crippen molar-refractivity contribution in [3.8, 4) is 0 Å². The molecular weight excluding hydrogens is 386 g/mol. The number of hydrogen-bond acceptors (Lipinski definition) is 4. The molecule has 0 aliphatic carbocycles. The van der Waals surface area contributed by atoms with Crippen molar-refractivity contribution in [1.82, 2.24) is 4.72 Å². The van der Waals surface area contributed by atoms with Crippen molar-refractivity contribution < 1.29 is 17.9 Å². The van der Waals surface area contributed by atoms with Crippen molar-refractivity contribution in [2.24, 2.45) is 0 Å². The Hall–Kier alpha value is -2.96. The molecule has 0 saturated carbocycles. The van der Waals surface area contributed by atoms with E-state index in [4.69, 9.17) is 0 Å². The van der Waals surface area contributed by atoms with Crippen LogP contribution in [0, 0.1) is 6.92 Å². The first kappa shape index (κ1) is 20.8. The smallest absolute Gasteiger partial charge is 0.337 e. The average Bonchev–Trinajstić information content (AvgIpc) is 2.73. The van der Waals surface area contributed by atoms with E-state index in [9.17, 15) is 13.2 Å². The summed E-state index contributed by atoms with van der Waals surface area (Å²) in [6, 6.07) is 23.1. The topological polar surface area (TPSA) is 72.5 Å². The van der Waals surface area contributed by atoms with Crippen LogP contribution in [0.1, 0.15) is 38.7 Å². The molecule has 0 saturated heterocycles. The van der Waals surface area contributed by atoms with Gasteiger partial charge < -0.3 is 4.74 Å². The SMILES string of the molecule is COC(=O)c1ccc(CS(=O)(=O)N[C@@H](c2ccccc2)c2ccccc2C)cc1. The van der Waals surface area contributed by atoms with Gasteiger partial charge in [0.05, 0.1) is 24.5 Å². The Morgan fingerprint density at radius 2 is 1.55 bits per heavy atom. The van der Waals surface area contributed by atoms with E-state index in [-0.39, 0.29) is 5.75 Å². The highest BCUT2D eigenvalue weighted by molar-refractivity contribution is 7.88. The molecule has 0 fully saturated rings. The van der Waals surface area contributed by atoms with Crippen LogP contribution in [-0.4, -0.2) is 21.5 Å². The third-order valence-corrected chi connectivity index (χ3v) is 5.97. The first-order valence-corrected chi connectivity index (χ1v) is 10.8. The second kappa shape index (κ2) is 9.03. The number of methoxy groups -OCH3 is 1. The number of esters is 1. The summed E-state index contributed by atoms with van der Waals surface area (Å²) in [6.45, 7) is 1.96. The standard InChI is InChI=1S/C23H23NO4S/c1-17-8-6-7-11-21(17)22(19-9-4-3-5-10-19)24-29(26,27)16-18-12-14-20(15-13-18)23(25)28-2/h3-15,22,24H,16H2,1-2H3/t22-/m0/s1. The van der Waals surface area contributed by atoms with Crippen molar-refractivity contribution >= 4 is 16.0 Å². The Kier molecular flexibility index (Phi) is 6.46. The summed E-state index contributed by atoms with van der Waals surface area (Å²) < 4.78 is 33.4. The summed E-state index contributed by atoms with van der Waals surface area (Å²) in [7, 11) is -2.35. The van der Waals surface area contributed by atoms with Gasteiger partial charge in [0.2, 0.25) is 10.0 Å². The fourth-order valence-electron chi connectivity index (χ4n) is 3.16. The van der Waals surface area contributed by atoms with Crippen LogP contribution < -0.4 is 4.72 Å². The molecular formula is C23H23NO4S. The molecule has 3 aromatic carbocycles. The fraction of sp³-hybridized carbons (Fsp3) is 0.174. The second-order valence-corrected chi connectivity index (χ2v) is 8.52. The van der Waals surface area contributed by atoms with E-state index in [0.717, 1.165) is 16.7 Å². The predicted octanol–water partition coefficient (Wildman–Crippen LogP) is 3.99. The Labute approximate surface area is 171 Å². The van der Waals surface area contributed by atoms with Crippen molar-refractivity contribution in [3.05, 3.63) is 107 Å². The molecule has 29 heavy (non-hydrogen) atoms. The third kappa shape index (κ3) is 5.31. The Balaban J connectivity index is 1.87. The number of rotatable bonds is 7. The van der Waals surface area contributed by atoms with Gasteiger partial charge in [-0.1, -0.05) is 66.7 Å². The number of carbonyl (C=O) groups excluding carboxylic acids is 1. The molecule has 0 radical (unpaired) electrons. The van der Waals surface area contributed by atoms with Crippen LogP contribution in [0.4, 0.5) is 0 Å². The quantitative estimate of drug-likeness (QED) is 0.599. The lowest BCUT2D eigenvalue weighted by atomic mass is 9.96. The summed E-state index contributed by atoms with van der Waals surface area (Å²) in [6.07, 6.45) is 0. The average molecular weight is 410 g/mol. The van der Waals surface area contributed by atoms with Gasteiger partial charge in [0.25, 0.3) is 0 Å². The van der Waals surface area contributed by atoms with Gasteiger partial charge in [-0.3, -0.25) is 0 Å². The lowest BCUT2D eigenvalue weighted by molar-refractivity contribution is 0.0600. The first-order valence-electron chi connectivity index (χ1n) is 9.17. The Bertz CT molecular complexity index is 1080. The van der Waals surface area contributed by atoms with Gasteiger partial charge in [0.1, 0.15) is 0 Å². The molecule has 0 unspecified atom stereocenters. The summed E-state index contributed by atoms with van der Waals surface area (Å²) in [5.41, 5.74) is 3.74. The highest BCUT2D eigenvalue weighted by atomic mass is 32.2. The van der Waals surface area contributed by atoms with Gasteiger partial charge >= 0.3 is 5.97 Å². The number of hydrogen-bond donors (Lipinski definition) is 1. The van der Waals surface area contributed by atoms with E-state index >= 15 is 0 Å². The number of ether oxygens (including phenoxy) is 1. The number of benzene rings is 3. The molecule has 1 atom stereocenters. The van der Waals surface area contributed by atoms with Crippen LogP contribution in [0.15, 0.2) is 78.9 Å². The number of sulfonamides is 1. The number of nitrogens with one attached hydrogen (secondary N) is 1. The van der Waals surface area contributed by atoms with Crippen LogP contribution in [0.5, 0.6) is 0 Å². The molecule has 0 aromatic heterocycles.